The average molecular weight is 224 g/mol. The number of rotatable bonds is 2. The van der Waals surface area contributed by atoms with E-state index in [4.69, 9.17) is 10.5 Å². The van der Waals surface area contributed by atoms with Crippen LogP contribution in [0, 0.1) is 5.92 Å². The van der Waals surface area contributed by atoms with Gasteiger partial charge in [0, 0.05) is 18.6 Å². The molecule has 2 saturated carbocycles. The lowest BCUT2D eigenvalue weighted by atomic mass is 9.76. The van der Waals surface area contributed by atoms with Gasteiger partial charge in [0.25, 0.3) is 0 Å². The van der Waals surface area contributed by atoms with E-state index < -0.39 is 0 Å². The Hall–Kier alpha value is -0.120. The average Bonchev–Trinajstić information content (AvgIpc) is 2.29. The van der Waals surface area contributed by atoms with Gasteiger partial charge >= 0.3 is 0 Å². The molecular weight excluding hydrogens is 200 g/mol. The molecule has 0 aromatic carbocycles. The van der Waals surface area contributed by atoms with Crippen molar-refractivity contribution in [1.29, 1.82) is 0 Å². The van der Waals surface area contributed by atoms with E-state index in [1.807, 2.05) is 0 Å². The number of nitrogens with zero attached hydrogens (tertiary/aromatic N) is 1. The summed E-state index contributed by atoms with van der Waals surface area (Å²) in [7, 11) is 0. The lowest BCUT2D eigenvalue weighted by Gasteiger charge is -2.52. The minimum atomic E-state index is 0.529. The summed E-state index contributed by atoms with van der Waals surface area (Å²) < 4.78 is 5.93. The predicted octanol–water partition coefficient (Wildman–Crippen LogP) is 1.37. The smallest absolute Gasteiger partial charge is 0.0731 e. The van der Waals surface area contributed by atoms with Gasteiger partial charge in [0.05, 0.1) is 12.7 Å². The normalized spacial score (nSPS) is 44.8. The van der Waals surface area contributed by atoms with Crippen molar-refractivity contribution in [3.05, 3.63) is 0 Å². The maximum absolute atomic E-state index is 5.93. The second kappa shape index (κ2) is 4.63. The molecule has 92 valence electrons. The molecule has 3 rings (SSSR count). The molecule has 4 unspecified atom stereocenters. The highest BCUT2D eigenvalue weighted by Crippen LogP contribution is 2.37. The van der Waals surface area contributed by atoms with Gasteiger partial charge in [0.15, 0.2) is 0 Å². The first-order valence-corrected chi connectivity index (χ1v) is 6.97. The van der Waals surface area contributed by atoms with Crippen molar-refractivity contribution in [3.8, 4) is 0 Å². The molecule has 0 aromatic heterocycles. The van der Waals surface area contributed by atoms with Crippen LogP contribution >= 0.6 is 0 Å². The summed E-state index contributed by atoms with van der Waals surface area (Å²) in [4.78, 5) is 2.74. The lowest BCUT2D eigenvalue weighted by Crippen LogP contribution is -2.61. The fourth-order valence-corrected chi connectivity index (χ4v) is 3.80. The highest BCUT2D eigenvalue weighted by molar-refractivity contribution is 4.97. The lowest BCUT2D eigenvalue weighted by molar-refractivity contribution is -0.123. The van der Waals surface area contributed by atoms with Gasteiger partial charge in [0.1, 0.15) is 0 Å². The van der Waals surface area contributed by atoms with E-state index in [-0.39, 0.29) is 0 Å². The molecule has 0 amide bonds. The number of ether oxygens (including phenoxy) is 1. The molecule has 3 heteroatoms. The first kappa shape index (κ1) is 11.0. The third kappa shape index (κ3) is 1.79. The second-order valence-electron chi connectivity index (χ2n) is 5.64. The van der Waals surface area contributed by atoms with Gasteiger partial charge in [-0.15, -0.1) is 0 Å². The van der Waals surface area contributed by atoms with Gasteiger partial charge in [-0.1, -0.05) is 12.8 Å². The maximum atomic E-state index is 5.93. The van der Waals surface area contributed by atoms with Gasteiger partial charge in [-0.2, -0.15) is 0 Å². The monoisotopic (exact) mass is 224 g/mol. The SMILES string of the molecule is NCC1CCC1N1CCOC2CCCCC21. The molecule has 1 heterocycles. The topological polar surface area (TPSA) is 38.5 Å². The van der Waals surface area contributed by atoms with Crippen LogP contribution < -0.4 is 5.73 Å². The van der Waals surface area contributed by atoms with Crippen LogP contribution in [0.5, 0.6) is 0 Å². The van der Waals surface area contributed by atoms with Crippen LogP contribution in [0.15, 0.2) is 0 Å². The first-order chi connectivity index (χ1) is 7.90. The molecule has 0 radical (unpaired) electrons. The van der Waals surface area contributed by atoms with Gasteiger partial charge < -0.3 is 10.5 Å². The van der Waals surface area contributed by atoms with E-state index in [9.17, 15) is 0 Å². The Balaban J connectivity index is 1.68. The number of hydrogen-bond acceptors (Lipinski definition) is 3. The second-order valence-corrected chi connectivity index (χ2v) is 5.64. The molecule has 0 aromatic rings. The van der Waals surface area contributed by atoms with Crippen molar-refractivity contribution in [1.82, 2.24) is 4.90 Å². The fourth-order valence-electron chi connectivity index (χ4n) is 3.80. The van der Waals surface area contributed by atoms with E-state index in [0.717, 1.165) is 31.7 Å². The summed E-state index contributed by atoms with van der Waals surface area (Å²) in [6.45, 7) is 2.96. The third-order valence-corrected chi connectivity index (χ3v) is 4.88. The molecule has 4 atom stereocenters. The molecular formula is C13H24N2O. The van der Waals surface area contributed by atoms with Crippen LogP contribution in [0.2, 0.25) is 0 Å². The molecule has 0 bridgehead atoms. The van der Waals surface area contributed by atoms with Crippen LogP contribution in [0.1, 0.15) is 38.5 Å². The van der Waals surface area contributed by atoms with E-state index in [1.54, 1.807) is 0 Å². The number of nitrogens with two attached hydrogens (primary N) is 1. The van der Waals surface area contributed by atoms with Crippen molar-refractivity contribution in [2.24, 2.45) is 11.7 Å². The minimum absolute atomic E-state index is 0.529. The standard InChI is InChI=1S/C13H24N2O/c14-9-10-5-6-11(10)15-7-8-16-13-4-2-1-3-12(13)15/h10-13H,1-9,14H2. The zero-order chi connectivity index (χ0) is 11.0. The quantitative estimate of drug-likeness (QED) is 0.770. The summed E-state index contributed by atoms with van der Waals surface area (Å²) in [5, 5.41) is 0. The Morgan fingerprint density at radius 2 is 1.94 bits per heavy atom. The van der Waals surface area contributed by atoms with Gasteiger partial charge in [0.2, 0.25) is 0 Å². The summed E-state index contributed by atoms with van der Waals surface area (Å²) in [5.41, 5.74) is 5.84. The van der Waals surface area contributed by atoms with Gasteiger partial charge in [-0.05, 0) is 38.1 Å². The minimum Gasteiger partial charge on any atom is -0.375 e. The molecule has 2 aliphatic carbocycles. The molecule has 3 nitrogen and oxygen atoms in total. The third-order valence-electron chi connectivity index (χ3n) is 4.88. The van der Waals surface area contributed by atoms with Crippen LogP contribution in [0.4, 0.5) is 0 Å². The van der Waals surface area contributed by atoms with E-state index in [0.29, 0.717) is 12.1 Å². The van der Waals surface area contributed by atoms with Crippen LogP contribution in [0.3, 0.4) is 0 Å². The fraction of sp³-hybridized carbons (Fsp3) is 1.00. The highest BCUT2D eigenvalue weighted by Gasteiger charge is 2.42. The summed E-state index contributed by atoms with van der Waals surface area (Å²) >= 11 is 0. The van der Waals surface area contributed by atoms with Gasteiger partial charge in [-0.3, -0.25) is 4.90 Å². The molecule has 3 fully saturated rings. The van der Waals surface area contributed by atoms with E-state index in [1.165, 1.54) is 38.5 Å². The van der Waals surface area contributed by atoms with Crippen molar-refractivity contribution in [3.63, 3.8) is 0 Å². The number of fused-ring (bicyclic) bond motifs is 1. The van der Waals surface area contributed by atoms with Gasteiger partial charge in [-0.25, -0.2) is 0 Å². The van der Waals surface area contributed by atoms with Crippen molar-refractivity contribution in [2.45, 2.75) is 56.7 Å². The predicted molar refractivity (Wildman–Crippen MR) is 64.3 cm³/mol. The molecule has 1 aliphatic heterocycles. The Bertz CT molecular complexity index is 242. The zero-order valence-electron chi connectivity index (χ0n) is 10.1. The van der Waals surface area contributed by atoms with Crippen LogP contribution in [0.25, 0.3) is 0 Å². The number of morpholine rings is 1. The largest absolute Gasteiger partial charge is 0.375 e. The summed E-state index contributed by atoms with van der Waals surface area (Å²) in [5.74, 6) is 0.765. The highest BCUT2D eigenvalue weighted by atomic mass is 16.5. The Morgan fingerprint density at radius 3 is 2.69 bits per heavy atom. The number of hydrogen-bond donors (Lipinski definition) is 1. The van der Waals surface area contributed by atoms with E-state index >= 15 is 0 Å². The van der Waals surface area contributed by atoms with E-state index in [2.05, 4.69) is 4.90 Å². The van der Waals surface area contributed by atoms with Crippen molar-refractivity contribution < 1.29 is 4.74 Å². The summed E-state index contributed by atoms with van der Waals surface area (Å²) in [6.07, 6.45) is 8.61. The maximum Gasteiger partial charge on any atom is 0.0731 e. The summed E-state index contributed by atoms with van der Waals surface area (Å²) in [6, 6.07) is 1.49. The first-order valence-electron chi connectivity index (χ1n) is 6.97. The molecule has 0 spiro atoms. The molecule has 1 saturated heterocycles. The Labute approximate surface area is 98.3 Å². The van der Waals surface area contributed by atoms with Crippen LogP contribution in [-0.2, 0) is 4.74 Å². The van der Waals surface area contributed by atoms with Crippen LogP contribution in [-0.4, -0.2) is 42.8 Å². The van der Waals surface area contributed by atoms with Crippen molar-refractivity contribution >= 4 is 0 Å². The molecule has 3 aliphatic rings. The molecule has 2 N–H and O–H groups in total. The molecule has 16 heavy (non-hydrogen) atoms. The zero-order valence-corrected chi connectivity index (χ0v) is 10.1. The van der Waals surface area contributed by atoms with Crippen molar-refractivity contribution in [2.75, 3.05) is 19.7 Å². The Morgan fingerprint density at radius 1 is 1.06 bits per heavy atom. The Kier molecular flexibility index (Phi) is 3.18.